The van der Waals surface area contributed by atoms with E-state index in [1.54, 1.807) is 42.2 Å². The molecule has 0 bridgehead atoms. The molecule has 7 heteroatoms. The van der Waals surface area contributed by atoms with Crippen LogP contribution in [0, 0.1) is 6.92 Å². The summed E-state index contributed by atoms with van der Waals surface area (Å²) in [5, 5.41) is 2.72. The highest BCUT2D eigenvalue weighted by molar-refractivity contribution is 6.04. The molecule has 7 nitrogen and oxygen atoms in total. The van der Waals surface area contributed by atoms with Crippen molar-refractivity contribution in [1.29, 1.82) is 0 Å². The van der Waals surface area contributed by atoms with Gasteiger partial charge in [0.25, 0.3) is 5.91 Å². The van der Waals surface area contributed by atoms with Crippen molar-refractivity contribution in [1.82, 2.24) is 9.55 Å². The summed E-state index contributed by atoms with van der Waals surface area (Å²) >= 11 is 0. The summed E-state index contributed by atoms with van der Waals surface area (Å²) in [6, 6.07) is 4.98. The monoisotopic (exact) mass is 287 g/mol. The van der Waals surface area contributed by atoms with E-state index in [1.165, 1.54) is 0 Å². The number of imidazole rings is 1. The molecule has 0 atom stereocenters. The van der Waals surface area contributed by atoms with Crippen molar-refractivity contribution in [2.45, 2.75) is 13.5 Å². The zero-order valence-corrected chi connectivity index (χ0v) is 11.7. The van der Waals surface area contributed by atoms with E-state index in [1.807, 2.05) is 0 Å². The molecular formula is C14H17N5O2. The topological polar surface area (TPSA) is 116 Å². The van der Waals surface area contributed by atoms with Crippen LogP contribution in [0.5, 0.6) is 0 Å². The van der Waals surface area contributed by atoms with Gasteiger partial charge in [-0.1, -0.05) is 6.07 Å². The quantitative estimate of drug-likeness (QED) is 0.742. The molecule has 0 saturated heterocycles. The van der Waals surface area contributed by atoms with Crippen LogP contribution >= 0.6 is 0 Å². The van der Waals surface area contributed by atoms with Gasteiger partial charge in [-0.2, -0.15) is 0 Å². The van der Waals surface area contributed by atoms with Gasteiger partial charge >= 0.3 is 0 Å². The Balaban J connectivity index is 2.19. The van der Waals surface area contributed by atoms with E-state index in [4.69, 9.17) is 11.5 Å². The lowest BCUT2D eigenvalue weighted by Crippen LogP contribution is -2.17. The molecule has 21 heavy (non-hydrogen) atoms. The van der Waals surface area contributed by atoms with Gasteiger partial charge in [-0.25, -0.2) is 4.98 Å². The highest BCUT2D eigenvalue weighted by Gasteiger charge is 2.13. The molecule has 0 unspecified atom stereocenters. The number of nitrogens with two attached hydrogens (primary N) is 2. The predicted octanol–water partition coefficient (Wildman–Crippen LogP) is 0.501. The summed E-state index contributed by atoms with van der Waals surface area (Å²) in [6.07, 6.45) is 3.17. The molecule has 0 radical (unpaired) electrons. The number of anilines is 1. The first-order valence-corrected chi connectivity index (χ1v) is 6.45. The fraction of sp³-hybridized carbons (Fsp3) is 0.214. The number of rotatable bonds is 5. The van der Waals surface area contributed by atoms with E-state index in [0.717, 1.165) is 0 Å². The van der Waals surface area contributed by atoms with Crippen LogP contribution in [0.2, 0.25) is 0 Å². The predicted molar refractivity (Wildman–Crippen MR) is 78.9 cm³/mol. The van der Waals surface area contributed by atoms with Crippen LogP contribution in [0.4, 0.5) is 5.69 Å². The summed E-state index contributed by atoms with van der Waals surface area (Å²) in [5.41, 5.74) is 12.5. The van der Waals surface area contributed by atoms with Gasteiger partial charge in [0, 0.05) is 30.5 Å². The molecule has 2 rings (SSSR count). The van der Waals surface area contributed by atoms with Gasteiger partial charge in [-0.15, -0.1) is 0 Å². The summed E-state index contributed by atoms with van der Waals surface area (Å²) in [6.45, 7) is 2.79. The lowest BCUT2D eigenvalue weighted by Gasteiger charge is -2.09. The number of primary amides is 1. The van der Waals surface area contributed by atoms with Gasteiger partial charge in [-0.3, -0.25) is 9.59 Å². The first-order chi connectivity index (χ1) is 10.0. The molecular weight excluding hydrogens is 270 g/mol. The Morgan fingerprint density at radius 3 is 2.81 bits per heavy atom. The minimum absolute atomic E-state index is 0.285. The van der Waals surface area contributed by atoms with Crippen molar-refractivity contribution in [2.24, 2.45) is 11.5 Å². The smallest absolute Gasteiger partial charge is 0.275 e. The fourth-order valence-electron chi connectivity index (χ4n) is 1.97. The molecule has 0 aliphatic heterocycles. The summed E-state index contributed by atoms with van der Waals surface area (Å²) in [4.78, 5) is 27.4. The Bertz CT molecular complexity index is 678. The van der Waals surface area contributed by atoms with Crippen molar-refractivity contribution < 1.29 is 9.59 Å². The van der Waals surface area contributed by atoms with Crippen LogP contribution < -0.4 is 16.8 Å². The van der Waals surface area contributed by atoms with E-state index in [9.17, 15) is 9.59 Å². The SMILES string of the molecule is Cc1c(NC(=O)c2cn(CCN)cn2)cccc1C(N)=O. The number of nitrogens with one attached hydrogen (secondary N) is 1. The summed E-state index contributed by atoms with van der Waals surface area (Å²) in [7, 11) is 0. The van der Waals surface area contributed by atoms with Gasteiger partial charge in [0.05, 0.1) is 6.33 Å². The second-order valence-corrected chi connectivity index (χ2v) is 4.58. The Morgan fingerprint density at radius 2 is 2.14 bits per heavy atom. The number of benzene rings is 1. The van der Waals surface area contributed by atoms with Gasteiger partial charge in [-0.05, 0) is 24.6 Å². The molecule has 0 spiro atoms. The molecule has 0 fully saturated rings. The average molecular weight is 287 g/mol. The Morgan fingerprint density at radius 1 is 1.38 bits per heavy atom. The summed E-state index contributed by atoms with van der Waals surface area (Å²) < 4.78 is 1.74. The zero-order chi connectivity index (χ0) is 15.4. The number of carbonyl (C=O) groups is 2. The average Bonchev–Trinajstić information content (AvgIpc) is 2.90. The molecule has 1 aromatic carbocycles. The normalized spacial score (nSPS) is 10.4. The number of nitrogens with zero attached hydrogens (tertiary/aromatic N) is 2. The number of amides is 2. The Kier molecular flexibility index (Phi) is 4.34. The third-order valence-corrected chi connectivity index (χ3v) is 3.10. The van der Waals surface area contributed by atoms with Crippen LogP contribution in [0.1, 0.15) is 26.4 Å². The molecule has 0 aliphatic carbocycles. The second-order valence-electron chi connectivity index (χ2n) is 4.58. The first-order valence-electron chi connectivity index (χ1n) is 6.45. The third-order valence-electron chi connectivity index (χ3n) is 3.10. The van der Waals surface area contributed by atoms with Crippen molar-refractivity contribution in [3.63, 3.8) is 0 Å². The molecule has 110 valence electrons. The molecule has 0 aliphatic rings. The van der Waals surface area contributed by atoms with Crippen LogP contribution in [-0.4, -0.2) is 27.9 Å². The minimum atomic E-state index is -0.532. The van der Waals surface area contributed by atoms with Gasteiger partial charge < -0.3 is 21.4 Å². The molecule has 1 aromatic heterocycles. The second kappa shape index (κ2) is 6.19. The van der Waals surface area contributed by atoms with Crippen molar-refractivity contribution >= 4 is 17.5 Å². The van der Waals surface area contributed by atoms with Crippen LogP contribution in [-0.2, 0) is 6.54 Å². The van der Waals surface area contributed by atoms with E-state index < -0.39 is 5.91 Å². The standard InChI is InChI=1S/C14H17N5O2/c1-9-10(13(16)20)3-2-4-11(9)18-14(21)12-7-19(6-5-15)8-17-12/h2-4,7-8H,5-6,15H2,1H3,(H2,16,20)(H,18,21). The van der Waals surface area contributed by atoms with E-state index in [2.05, 4.69) is 10.3 Å². The third kappa shape index (κ3) is 3.26. The lowest BCUT2D eigenvalue weighted by molar-refractivity contribution is 0.0995. The van der Waals surface area contributed by atoms with E-state index in [0.29, 0.717) is 29.9 Å². The zero-order valence-electron chi connectivity index (χ0n) is 11.7. The van der Waals surface area contributed by atoms with Crippen LogP contribution in [0.3, 0.4) is 0 Å². The number of aromatic nitrogens is 2. The Hall–Kier alpha value is -2.67. The summed E-state index contributed by atoms with van der Waals surface area (Å²) in [5.74, 6) is -0.883. The fourth-order valence-corrected chi connectivity index (χ4v) is 1.97. The highest BCUT2D eigenvalue weighted by atomic mass is 16.2. The number of hydrogen-bond donors (Lipinski definition) is 3. The maximum absolute atomic E-state index is 12.1. The number of hydrogen-bond acceptors (Lipinski definition) is 4. The molecule has 0 saturated carbocycles. The van der Waals surface area contributed by atoms with Crippen molar-refractivity contribution in [2.75, 3.05) is 11.9 Å². The largest absolute Gasteiger partial charge is 0.366 e. The molecule has 5 N–H and O–H groups in total. The maximum atomic E-state index is 12.1. The number of carbonyl (C=O) groups excluding carboxylic acids is 2. The molecule has 2 aromatic rings. The van der Waals surface area contributed by atoms with Crippen molar-refractivity contribution in [3.8, 4) is 0 Å². The van der Waals surface area contributed by atoms with Crippen molar-refractivity contribution in [3.05, 3.63) is 47.5 Å². The highest BCUT2D eigenvalue weighted by Crippen LogP contribution is 2.19. The van der Waals surface area contributed by atoms with E-state index >= 15 is 0 Å². The van der Waals surface area contributed by atoms with Gasteiger partial charge in [0.15, 0.2) is 0 Å². The first kappa shape index (κ1) is 14.7. The van der Waals surface area contributed by atoms with Gasteiger partial charge in [0.2, 0.25) is 5.91 Å². The Labute approximate surface area is 122 Å². The van der Waals surface area contributed by atoms with Crippen LogP contribution in [0.15, 0.2) is 30.7 Å². The van der Waals surface area contributed by atoms with Crippen LogP contribution in [0.25, 0.3) is 0 Å². The van der Waals surface area contributed by atoms with Gasteiger partial charge in [0.1, 0.15) is 5.69 Å². The minimum Gasteiger partial charge on any atom is -0.366 e. The van der Waals surface area contributed by atoms with E-state index in [-0.39, 0.29) is 11.6 Å². The molecule has 2 amide bonds. The lowest BCUT2D eigenvalue weighted by atomic mass is 10.1. The molecule has 1 heterocycles. The maximum Gasteiger partial charge on any atom is 0.275 e.